The van der Waals surface area contributed by atoms with Crippen LogP contribution in [0.25, 0.3) is 5.69 Å². The molecule has 0 aliphatic carbocycles. The number of carbonyl (C=O) groups is 1. The van der Waals surface area contributed by atoms with Gasteiger partial charge in [0.1, 0.15) is 11.6 Å². The molecule has 19 heavy (non-hydrogen) atoms. The summed E-state index contributed by atoms with van der Waals surface area (Å²) in [6.45, 7) is 0. The summed E-state index contributed by atoms with van der Waals surface area (Å²) in [6, 6.07) is 1.08. The number of halogens is 3. The Morgan fingerprint density at radius 2 is 1.89 bits per heavy atom. The number of benzene rings is 1. The first-order valence-corrected chi connectivity index (χ1v) is 5.28. The summed E-state index contributed by atoms with van der Waals surface area (Å²) in [4.78, 5) is 33.9. The van der Waals surface area contributed by atoms with Crippen LogP contribution in [0, 0.1) is 11.6 Å². The maximum atomic E-state index is 13.7. The number of H-pyrrole nitrogens is 1. The van der Waals surface area contributed by atoms with E-state index in [4.69, 9.17) is 11.6 Å². The number of carbonyl (C=O) groups excluding carboxylic acids is 1. The highest BCUT2D eigenvalue weighted by Gasteiger charge is 2.19. The van der Waals surface area contributed by atoms with E-state index in [-0.39, 0.29) is 0 Å². The van der Waals surface area contributed by atoms with Crippen LogP contribution in [0.5, 0.6) is 0 Å². The molecule has 0 atom stereocenters. The Labute approximate surface area is 108 Å². The van der Waals surface area contributed by atoms with Gasteiger partial charge >= 0.3 is 11.4 Å². The van der Waals surface area contributed by atoms with Crippen molar-refractivity contribution in [3.05, 3.63) is 50.3 Å². The van der Waals surface area contributed by atoms with Crippen LogP contribution in [0.4, 0.5) is 8.78 Å². The summed E-state index contributed by atoms with van der Waals surface area (Å²) in [5, 5.41) is 0.905. The predicted molar refractivity (Wildman–Crippen MR) is 61.7 cm³/mol. The van der Waals surface area contributed by atoms with Crippen LogP contribution in [0.1, 0.15) is 10.4 Å². The number of hydrogen-bond donors (Lipinski definition) is 1. The van der Waals surface area contributed by atoms with Gasteiger partial charge in [0.25, 0.3) is 5.24 Å². The van der Waals surface area contributed by atoms with Crippen LogP contribution in [-0.4, -0.2) is 19.6 Å². The third-order valence-electron chi connectivity index (χ3n) is 2.43. The summed E-state index contributed by atoms with van der Waals surface area (Å²) in [5.74, 6) is -2.25. The van der Waals surface area contributed by atoms with E-state index in [1.807, 2.05) is 0 Å². The van der Waals surface area contributed by atoms with Gasteiger partial charge in [-0.15, -0.1) is 0 Å². The molecule has 1 heterocycles. The van der Waals surface area contributed by atoms with Crippen molar-refractivity contribution in [3.63, 3.8) is 0 Å². The molecule has 0 radical (unpaired) electrons. The van der Waals surface area contributed by atoms with Crippen LogP contribution in [0.15, 0.2) is 21.7 Å². The number of aromatic nitrogens is 3. The standard InChI is InChI=1S/C10H6ClF2N3O3/c1-15-10(19)16(9(18)14-15)7-3-5(12)4(8(11)17)2-6(7)13/h2-3H,1H3,(H,14,18). The SMILES string of the molecule is Cn1[nH]c(=O)n(-c2cc(F)c(C(=O)Cl)cc2F)c1=O. The minimum absolute atomic E-state index is 0.404. The quantitative estimate of drug-likeness (QED) is 0.819. The van der Waals surface area contributed by atoms with Gasteiger partial charge in [-0.1, -0.05) is 0 Å². The lowest BCUT2D eigenvalue weighted by atomic mass is 10.2. The molecule has 1 N–H and O–H groups in total. The topological polar surface area (TPSA) is 76.9 Å². The third-order valence-corrected chi connectivity index (χ3v) is 2.64. The molecule has 6 nitrogen and oxygen atoms in total. The highest BCUT2D eigenvalue weighted by Crippen LogP contribution is 2.18. The average Bonchev–Trinajstić information content (AvgIpc) is 2.56. The Morgan fingerprint density at radius 1 is 1.26 bits per heavy atom. The first-order chi connectivity index (χ1) is 8.82. The normalized spacial score (nSPS) is 10.7. The molecule has 0 saturated carbocycles. The average molecular weight is 290 g/mol. The fourth-order valence-corrected chi connectivity index (χ4v) is 1.69. The Hall–Kier alpha value is -2.22. The van der Waals surface area contributed by atoms with E-state index in [0.29, 0.717) is 16.7 Å². The minimum atomic E-state index is -1.18. The molecule has 0 aliphatic rings. The Bertz CT molecular complexity index is 790. The van der Waals surface area contributed by atoms with Crippen LogP contribution >= 0.6 is 11.6 Å². The summed E-state index contributed by atoms with van der Waals surface area (Å²) in [7, 11) is 1.24. The molecular weight excluding hydrogens is 284 g/mol. The van der Waals surface area contributed by atoms with Gasteiger partial charge in [-0.05, 0) is 17.7 Å². The van der Waals surface area contributed by atoms with Crippen molar-refractivity contribution in [1.29, 1.82) is 0 Å². The number of nitrogens with zero attached hydrogens (tertiary/aromatic N) is 2. The largest absolute Gasteiger partial charge is 0.351 e. The first-order valence-electron chi connectivity index (χ1n) is 4.90. The molecule has 0 aliphatic heterocycles. The maximum Gasteiger partial charge on any atom is 0.351 e. The second kappa shape index (κ2) is 4.47. The van der Waals surface area contributed by atoms with Gasteiger partial charge in [0.2, 0.25) is 0 Å². The molecule has 0 saturated heterocycles. The highest BCUT2D eigenvalue weighted by atomic mass is 35.5. The fourth-order valence-electron chi connectivity index (χ4n) is 1.55. The molecular formula is C10H6ClF2N3O3. The van der Waals surface area contributed by atoms with Crippen LogP contribution in [-0.2, 0) is 7.05 Å². The van der Waals surface area contributed by atoms with Gasteiger partial charge in [-0.3, -0.25) is 4.79 Å². The summed E-state index contributed by atoms with van der Waals surface area (Å²) in [5.41, 5.74) is -3.10. The Kier molecular flexibility index (Phi) is 3.11. The summed E-state index contributed by atoms with van der Waals surface area (Å²) < 4.78 is 28.5. The minimum Gasteiger partial charge on any atom is -0.275 e. The highest BCUT2D eigenvalue weighted by molar-refractivity contribution is 6.67. The molecule has 1 aromatic carbocycles. The first kappa shape index (κ1) is 13.2. The molecule has 100 valence electrons. The molecule has 1 aromatic heterocycles. The number of hydrogen-bond acceptors (Lipinski definition) is 3. The lowest BCUT2D eigenvalue weighted by molar-refractivity contribution is 0.107. The molecule has 0 unspecified atom stereocenters. The van der Waals surface area contributed by atoms with Crippen LogP contribution in [0.2, 0.25) is 0 Å². The van der Waals surface area contributed by atoms with Crippen LogP contribution < -0.4 is 11.4 Å². The molecule has 0 bridgehead atoms. The van der Waals surface area contributed by atoms with Crippen molar-refractivity contribution in [2.24, 2.45) is 7.05 Å². The summed E-state index contributed by atoms with van der Waals surface area (Å²) in [6.07, 6.45) is 0. The van der Waals surface area contributed by atoms with E-state index in [0.717, 1.165) is 4.68 Å². The monoisotopic (exact) mass is 289 g/mol. The number of aryl methyl sites for hydroxylation is 1. The lowest BCUT2D eigenvalue weighted by Gasteiger charge is -2.04. The van der Waals surface area contributed by atoms with E-state index in [2.05, 4.69) is 5.10 Å². The molecule has 0 spiro atoms. The van der Waals surface area contributed by atoms with E-state index >= 15 is 0 Å². The molecule has 0 fully saturated rings. The zero-order valence-electron chi connectivity index (χ0n) is 9.41. The maximum absolute atomic E-state index is 13.7. The van der Waals surface area contributed by atoms with Crippen molar-refractivity contribution in [1.82, 2.24) is 14.3 Å². The zero-order chi connectivity index (χ0) is 14.3. The van der Waals surface area contributed by atoms with E-state index in [1.165, 1.54) is 7.05 Å². The van der Waals surface area contributed by atoms with Gasteiger partial charge in [0, 0.05) is 13.1 Å². The van der Waals surface area contributed by atoms with Gasteiger partial charge < -0.3 is 0 Å². The molecule has 9 heteroatoms. The molecule has 2 rings (SSSR count). The van der Waals surface area contributed by atoms with Crippen LogP contribution in [0.3, 0.4) is 0 Å². The second-order valence-corrected chi connectivity index (χ2v) is 3.99. The summed E-state index contributed by atoms with van der Waals surface area (Å²) >= 11 is 5.06. The lowest BCUT2D eigenvalue weighted by Crippen LogP contribution is -2.27. The Morgan fingerprint density at radius 3 is 2.37 bits per heavy atom. The van der Waals surface area contributed by atoms with Gasteiger partial charge in [-0.25, -0.2) is 32.7 Å². The smallest absolute Gasteiger partial charge is 0.275 e. The van der Waals surface area contributed by atoms with Crippen molar-refractivity contribution in [2.45, 2.75) is 0 Å². The number of aromatic amines is 1. The van der Waals surface area contributed by atoms with Gasteiger partial charge in [-0.2, -0.15) is 0 Å². The van der Waals surface area contributed by atoms with E-state index in [9.17, 15) is 23.2 Å². The van der Waals surface area contributed by atoms with E-state index in [1.54, 1.807) is 0 Å². The molecule has 0 amide bonds. The van der Waals surface area contributed by atoms with Crippen molar-refractivity contribution in [3.8, 4) is 5.69 Å². The predicted octanol–water partition coefficient (Wildman–Crippen LogP) is 0.522. The number of nitrogens with one attached hydrogen (secondary N) is 1. The third kappa shape index (κ3) is 2.10. The molecule has 2 aromatic rings. The zero-order valence-corrected chi connectivity index (χ0v) is 10.2. The van der Waals surface area contributed by atoms with Gasteiger partial charge in [0.05, 0.1) is 11.3 Å². The number of rotatable bonds is 2. The van der Waals surface area contributed by atoms with Crippen molar-refractivity contribution >= 4 is 16.8 Å². The van der Waals surface area contributed by atoms with E-state index < -0.39 is 39.5 Å². The second-order valence-electron chi connectivity index (χ2n) is 3.65. The Balaban J connectivity index is 2.78. The fraction of sp³-hybridized carbons (Fsp3) is 0.100. The van der Waals surface area contributed by atoms with Crippen molar-refractivity contribution in [2.75, 3.05) is 0 Å². The van der Waals surface area contributed by atoms with Gasteiger partial charge in [0.15, 0.2) is 0 Å². The van der Waals surface area contributed by atoms with Crippen molar-refractivity contribution < 1.29 is 13.6 Å².